The summed E-state index contributed by atoms with van der Waals surface area (Å²) in [6.45, 7) is 2.23. The van der Waals surface area contributed by atoms with Gasteiger partial charge in [0.1, 0.15) is 11.8 Å². The summed E-state index contributed by atoms with van der Waals surface area (Å²) >= 11 is 0. The standard InChI is InChI=1S/C19H25N3O5.C2HF3O2/c1-12(18(26)13-2-4-14(5-3-13)19(20)21)10-16(23)22-8-6-15(7-9-22)27-11-17(24)25;3-2(4,5)1(6)7/h2-5,12,15H,6-11H2,1H3,(H3,20,21)(H,24,25);(H,6,7)/p-2. The van der Waals surface area contributed by atoms with Crippen LogP contribution in [0.2, 0.25) is 0 Å². The second-order valence-corrected chi connectivity index (χ2v) is 7.51. The number of piperidine rings is 1. The van der Waals surface area contributed by atoms with Crippen LogP contribution in [0, 0.1) is 11.3 Å². The zero-order valence-corrected chi connectivity index (χ0v) is 18.2. The lowest BCUT2D eigenvalue weighted by Crippen LogP contribution is -2.42. The Morgan fingerprint density at radius 3 is 2.00 bits per heavy atom. The Bertz CT molecular complexity index is 896. The minimum Gasteiger partial charge on any atom is -0.548 e. The van der Waals surface area contributed by atoms with Gasteiger partial charge in [-0.25, -0.2) is 0 Å². The number of amidine groups is 1. The van der Waals surface area contributed by atoms with Crippen molar-refractivity contribution >= 4 is 29.5 Å². The summed E-state index contributed by atoms with van der Waals surface area (Å²) in [5.74, 6) is -5.03. The third-order valence-corrected chi connectivity index (χ3v) is 4.87. The van der Waals surface area contributed by atoms with Gasteiger partial charge in [0.05, 0.1) is 18.7 Å². The minimum absolute atomic E-state index is 0.0655. The highest BCUT2D eigenvalue weighted by Crippen LogP contribution is 2.18. The van der Waals surface area contributed by atoms with E-state index in [0.717, 1.165) is 0 Å². The number of carbonyl (C=O) groups excluding carboxylic acids is 4. The zero-order chi connectivity index (χ0) is 26.1. The Morgan fingerprint density at radius 2 is 1.59 bits per heavy atom. The SMILES string of the molecule is CC(CC(=O)N1CCC(OCC(=O)[O-])CC1)C(=O)c1ccc(C(=N)N)cc1.O=C([O-])C(F)(F)F. The van der Waals surface area contributed by atoms with Gasteiger partial charge < -0.3 is 35.2 Å². The Kier molecular flexibility index (Phi) is 10.6. The van der Waals surface area contributed by atoms with Crippen LogP contribution in [-0.2, 0) is 19.1 Å². The van der Waals surface area contributed by atoms with Gasteiger partial charge in [-0.15, -0.1) is 0 Å². The molecule has 1 heterocycles. The Morgan fingerprint density at radius 1 is 1.12 bits per heavy atom. The van der Waals surface area contributed by atoms with Gasteiger partial charge >= 0.3 is 6.18 Å². The van der Waals surface area contributed by atoms with Crippen LogP contribution in [0.5, 0.6) is 0 Å². The van der Waals surface area contributed by atoms with Crippen molar-refractivity contribution in [2.45, 2.75) is 38.5 Å². The van der Waals surface area contributed by atoms with Gasteiger partial charge in [-0.2, -0.15) is 13.2 Å². The molecule has 1 fully saturated rings. The number of alkyl halides is 3. The summed E-state index contributed by atoms with van der Waals surface area (Å²) in [7, 11) is 0. The van der Waals surface area contributed by atoms with Crippen molar-refractivity contribution in [3.05, 3.63) is 35.4 Å². The lowest BCUT2D eigenvalue weighted by atomic mass is 9.94. The number of hydrogen-bond acceptors (Lipinski definition) is 8. The fourth-order valence-electron chi connectivity index (χ4n) is 3.04. The van der Waals surface area contributed by atoms with E-state index >= 15 is 0 Å². The first-order valence-corrected chi connectivity index (χ1v) is 10.1. The lowest BCUT2D eigenvalue weighted by molar-refractivity contribution is -0.344. The number of nitrogens with one attached hydrogen (secondary N) is 1. The maximum Gasteiger partial charge on any atom is 0.430 e. The van der Waals surface area contributed by atoms with Crippen LogP contribution in [0.3, 0.4) is 0 Å². The van der Waals surface area contributed by atoms with Crippen LogP contribution >= 0.6 is 0 Å². The van der Waals surface area contributed by atoms with Gasteiger partial charge in [-0.1, -0.05) is 31.2 Å². The molecule has 0 radical (unpaired) electrons. The van der Waals surface area contributed by atoms with E-state index in [0.29, 0.717) is 37.1 Å². The van der Waals surface area contributed by atoms with E-state index in [1.807, 2.05) is 0 Å². The predicted molar refractivity (Wildman–Crippen MR) is 107 cm³/mol. The molecule has 188 valence electrons. The minimum atomic E-state index is -5.19. The van der Waals surface area contributed by atoms with Gasteiger partial charge in [0.25, 0.3) is 0 Å². The van der Waals surface area contributed by atoms with Crippen molar-refractivity contribution in [3.8, 4) is 0 Å². The van der Waals surface area contributed by atoms with E-state index in [1.54, 1.807) is 36.1 Å². The predicted octanol–water partition coefficient (Wildman–Crippen LogP) is -0.764. The molecule has 13 heteroatoms. The molecule has 1 aliphatic heterocycles. The number of hydrogen-bond donors (Lipinski definition) is 2. The topological polar surface area (TPSA) is 177 Å². The number of nitrogens with zero attached hydrogens (tertiary/aromatic N) is 1. The van der Waals surface area contributed by atoms with E-state index in [1.165, 1.54) is 0 Å². The Balaban J connectivity index is 0.000000718. The fraction of sp³-hybridized carbons (Fsp3) is 0.476. The summed E-state index contributed by atoms with van der Waals surface area (Å²) in [4.78, 5) is 45.8. The first-order valence-electron chi connectivity index (χ1n) is 10.1. The number of carbonyl (C=O) groups is 4. The molecule has 1 aromatic rings. The van der Waals surface area contributed by atoms with Crippen LogP contribution < -0.4 is 15.9 Å². The second kappa shape index (κ2) is 12.7. The molecule has 1 saturated heterocycles. The number of carboxylic acids is 2. The highest BCUT2D eigenvalue weighted by atomic mass is 19.4. The van der Waals surface area contributed by atoms with Crippen LogP contribution in [0.4, 0.5) is 13.2 Å². The van der Waals surface area contributed by atoms with E-state index in [4.69, 9.17) is 25.8 Å². The molecule has 2 rings (SSSR count). The molecule has 0 saturated carbocycles. The maximum absolute atomic E-state index is 12.5. The van der Waals surface area contributed by atoms with E-state index in [9.17, 15) is 32.7 Å². The summed E-state index contributed by atoms with van der Waals surface area (Å²) in [6.07, 6.45) is -4.15. The number of rotatable bonds is 8. The van der Waals surface area contributed by atoms with E-state index in [2.05, 4.69) is 0 Å². The zero-order valence-electron chi connectivity index (χ0n) is 18.2. The van der Waals surface area contributed by atoms with Crippen molar-refractivity contribution in [1.29, 1.82) is 5.41 Å². The van der Waals surface area contributed by atoms with Gasteiger partial charge in [-0.05, 0) is 12.8 Å². The van der Waals surface area contributed by atoms with E-state index in [-0.39, 0.29) is 30.1 Å². The molecular weight excluding hydrogens is 463 g/mol. The number of benzene rings is 1. The molecule has 10 nitrogen and oxygen atoms in total. The van der Waals surface area contributed by atoms with Gasteiger partial charge in [0.15, 0.2) is 5.78 Å². The molecule has 1 amide bonds. The van der Waals surface area contributed by atoms with Gasteiger partial charge in [-0.3, -0.25) is 15.0 Å². The number of halogens is 3. The smallest absolute Gasteiger partial charge is 0.430 e. The molecule has 0 aromatic heterocycles. The largest absolute Gasteiger partial charge is 0.548 e. The quantitative estimate of drug-likeness (QED) is 0.273. The number of aliphatic carboxylic acids is 2. The molecule has 0 spiro atoms. The van der Waals surface area contributed by atoms with Gasteiger partial charge in [0.2, 0.25) is 5.91 Å². The normalized spacial score (nSPS) is 15.0. The summed E-state index contributed by atoms with van der Waals surface area (Å²) in [5, 5.41) is 26.6. The summed E-state index contributed by atoms with van der Waals surface area (Å²) in [5.41, 5.74) is 6.42. The van der Waals surface area contributed by atoms with Crippen LogP contribution in [-0.4, -0.2) is 66.3 Å². The van der Waals surface area contributed by atoms with Crippen molar-refractivity contribution in [3.63, 3.8) is 0 Å². The van der Waals surface area contributed by atoms with Crippen molar-refractivity contribution in [2.24, 2.45) is 11.7 Å². The molecule has 1 atom stereocenters. The van der Waals surface area contributed by atoms with Crippen LogP contribution in [0.25, 0.3) is 0 Å². The Hall–Kier alpha value is -3.48. The third kappa shape index (κ3) is 9.57. The fourth-order valence-corrected chi connectivity index (χ4v) is 3.04. The second-order valence-electron chi connectivity index (χ2n) is 7.51. The van der Waals surface area contributed by atoms with E-state index < -0.39 is 30.6 Å². The number of carboxylic acid groups (broad SMARTS) is 2. The highest BCUT2D eigenvalue weighted by Gasteiger charge is 2.29. The molecular formula is C21H24F3N3O7-2. The summed E-state index contributed by atoms with van der Waals surface area (Å²) in [6, 6.07) is 6.45. The van der Waals surface area contributed by atoms with Crippen LogP contribution in [0.1, 0.15) is 42.1 Å². The van der Waals surface area contributed by atoms with Crippen molar-refractivity contribution < 1.29 is 47.3 Å². The molecule has 1 unspecified atom stereocenters. The molecule has 0 bridgehead atoms. The third-order valence-electron chi connectivity index (χ3n) is 4.87. The first kappa shape index (κ1) is 28.6. The monoisotopic (exact) mass is 487 g/mol. The number of nitrogen functional groups attached to an aromatic ring is 1. The van der Waals surface area contributed by atoms with Gasteiger partial charge in [0, 0.05) is 36.6 Å². The molecule has 1 aliphatic rings. The van der Waals surface area contributed by atoms with Crippen molar-refractivity contribution in [2.75, 3.05) is 19.7 Å². The average molecular weight is 487 g/mol. The first-order chi connectivity index (χ1) is 15.7. The summed E-state index contributed by atoms with van der Waals surface area (Å²) < 4.78 is 36.7. The molecule has 3 N–H and O–H groups in total. The number of ether oxygens (including phenoxy) is 1. The number of likely N-dealkylation sites (tertiary alicyclic amines) is 1. The molecule has 0 aliphatic carbocycles. The molecule has 34 heavy (non-hydrogen) atoms. The van der Waals surface area contributed by atoms with Crippen molar-refractivity contribution in [1.82, 2.24) is 4.90 Å². The average Bonchev–Trinajstić information content (AvgIpc) is 2.77. The highest BCUT2D eigenvalue weighted by molar-refractivity contribution is 6.01. The number of amides is 1. The maximum atomic E-state index is 12.5. The lowest BCUT2D eigenvalue weighted by Gasteiger charge is -2.32. The Labute approximate surface area is 193 Å². The van der Waals surface area contributed by atoms with Crippen LogP contribution in [0.15, 0.2) is 24.3 Å². The molecule has 1 aromatic carbocycles. The number of Topliss-reactive ketones (excluding diaryl/α,β-unsaturated/α-hetero) is 1. The number of ketones is 1. The number of nitrogens with two attached hydrogens (primary N) is 1.